The van der Waals surface area contributed by atoms with Gasteiger partial charge in [-0.15, -0.1) is 5.10 Å². The highest BCUT2D eigenvalue weighted by Gasteiger charge is 2.27. The second-order valence-corrected chi connectivity index (χ2v) is 4.42. The van der Waals surface area contributed by atoms with Gasteiger partial charge in [-0.05, 0) is 29.8 Å². The summed E-state index contributed by atoms with van der Waals surface area (Å²) in [4.78, 5) is 0. The molecule has 1 aliphatic rings. The fourth-order valence-electron chi connectivity index (χ4n) is 2.30. The van der Waals surface area contributed by atoms with Gasteiger partial charge in [0.05, 0.1) is 19.2 Å². The number of nitrogens with one attached hydrogen (secondary N) is 1. The van der Waals surface area contributed by atoms with Crippen LogP contribution < -0.4 is 5.32 Å². The molecule has 1 saturated heterocycles. The van der Waals surface area contributed by atoms with Crippen molar-refractivity contribution in [1.29, 1.82) is 0 Å². The van der Waals surface area contributed by atoms with Crippen LogP contribution in [-0.2, 0) is 17.8 Å². The summed E-state index contributed by atoms with van der Waals surface area (Å²) < 4.78 is 7.59. The number of aromatic nitrogens is 4. The van der Waals surface area contributed by atoms with Crippen LogP contribution in [0.1, 0.15) is 32.5 Å². The Morgan fingerprint density at radius 2 is 2.35 bits per heavy atom. The first-order valence-electron chi connectivity index (χ1n) is 6.42. The minimum absolute atomic E-state index is 0.367. The highest BCUT2D eigenvalue weighted by atomic mass is 16.5. The second-order valence-electron chi connectivity index (χ2n) is 4.42. The van der Waals surface area contributed by atoms with E-state index >= 15 is 0 Å². The third-order valence-electron chi connectivity index (χ3n) is 3.30. The summed E-state index contributed by atoms with van der Waals surface area (Å²) in [6.07, 6.45) is 2.54. The summed E-state index contributed by atoms with van der Waals surface area (Å²) in [6.45, 7) is 7.64. The van der Waals surface area contributed by atoms with Crippen molar-refractivity contribution in [2.24, 2.45) is 5.92 Å². The summed E-state index contributed by atoms with van der Waals surface area (Å²) in [7, 11) is 0. The molecule has 0 aromatic carbocycles. The van der Waals surface area contributed by atoms with Crippen molar-refractivity contribution in [3.8, 4) is 0 Å². The highest BCUT2D eigenvalue weighted by Crippen LogP contribution is 2.24. The van der Waals surface area contributed by atoms with Crippen LogP contribution in [-0.4, -0.2) is 39.5 Å². The molecular weight excluding hydrogens is 218 g/mol. The normalized spacial score (nSPS) is 24.4. The van der Waals surface area contributed by atoms with E-state index in [1.807, 2.05) is 4.68 Å². The molecule has 1 aromatic rings. The smallest absolute Gasteiger partial charge is 0.165 e. The molecule has 1 aromatic heterocycles. The molecule has 1 fully saturated rings. The standard InChI is InChI=1S/C11H21N5O/c1-3-10-9(5-6-17-10)8-16-11(7-12-4-2)13-14-15-16/h9-10,12H,3-8H2,1-2H3. The Morgan fingerprint density at radius 3 is 3.12 bits per heavy atom. The van der Waals surface area contributed by atoms with E-state index < -0.39 is 0 Å². The van der Waals surface area contributed by atoms with Crippen molar-refractivity contribution in [3.05, 3.63) is 5.82 Å². The Labute approximate surface area is 102 Å². The van der Waals surface area contributed by atoms with Crippen LogP contribution in [0, 0.1) is 5.92 Å². The van der Waals surface area contributed by atoms with Crippen LogP contribution >= 0.6 is 0 Å². The molecule has 96 valence electrons. The van der Waals surface area contributed by atoms with Crippen molar-refractivity contribution in [2.45, 2.75) is 45.9 Å². The lowest BCUT2D eigenvalue weighted by Crippen LogP contribution is -2.24. The summed E-state index contributed by atoms with van der Waals surface area (Å²) in [5, 5.41) is 15.1. The molecule has 6 nitrogen and oxygen atoms in total. The lowest BCUT2D eigenvalue weighted by Gasteiger charge is -2.16. The fourth-order valence-corrected chi connectivity index (χ4v) is 2.30. The highest BCUT2D eigenvalue weighted by molar-refractivity contribution is 4.83. The van der Waals surface area contributed by atoms with Gasteiger partial charge in [-0.1, -0.05) is 13.8 Å². The molecule has 1 N–H and O–H groups in total. The van der Waals surface area contributed by atoms with Gasteiger partial charge in [0.1, 0.15) is 0 Å². The number of nitrogens with zero attached hydrogens (tertiary/aromatic N) is 4. The maximum atomic E-state index is 5.69. The second kappa shape index (κ2) is 6.07. The fraction of sp³-hybridized carbons (Fsp3) is 0.909. The molecule has 1 aliphatic heterocycles. The van der Waals surface area contributed by atoms with Crippen LogP contribution in [0.4, 0.5) is 0 Å². The lowest BCUT2D eigenvalue weighted by molar-refractivity contribution is 0.0821. The quantitative estimate of drug-likeness (QED) is 0.787. The number of hydrogen-bond acceptors (Lipinski definition) is 5. The summed E-state index contributed by atoms with van der Waals surface area (Å²) in [5.74, 6) is 1.46. The van der Waals surface area contributed by atoms with Crippen LogP contribution in [0.3, 0.4) is 0 Å². The number of ether oxygens (including phenoxy) is 1. The molecule has 0 spiro atoms. The summed E-state index contributed by atoms with van der Waals surface area (Å²) >= 11 is 0. The molecular formula is C11H21N5O. The average molecular weight is 239 g/mol. The van der Waals surface area contributed by atoms with Gasteiger partial charge in [-0.25, -0.2) is 4.68 Å². The van der Waals surface area contributed by atoms with Crippen LogP contribution in [0.2, 0.25) is 0 Å². The van der Waals surface area contributed by atoms with Crippen LogP contribution in [0.25, 0.3) is 0 Å². The van der Waals surface area contributed by atoms with Crippen molar-refractivity contribution in [3.63, 3.8) is 0 Å². The van der Waals surface area contributed by atoms with Gasteiger partial charge >= 0.3 is 0 Å². The third kappa shape index (κ3) is 3.01. The predicted molar refractivity (Wildman–Crippen MR) is 63.3 cm³/mol. The Kier molecular flexibility index (Phi) is 4.44. The monoisotopic (exact) mass is 239 g/mol. The molecule has 17 heavy (non-hydrogen) atoms. The van der Waals surface area contributed by atoms with Gasteiger partial charge in [-0.2, -0.15) is 0 Å². The zero-order chi connectivity index (χ0) is 12.1. The van der Waals surface area contributed by atoms with E-state index in [0.29, 0.717) is 12.0 Å². The maximum Gasteiger partial charge on any atom is 0.165 e. The topological polar surface area (TPSA) is 64.9 Å². The SMILES string of the molecule is CCNCc1nnnn1CC1CCOC1CC. The first-order chi connectivity index (χ1) is 8.35. The third-order valence-corrected chi connectivity index (χ3v) is 3.30. The Morgan fingerprint density at radius 1 is 1.47 bits per heavy atom. The van der Waals surface area contributed by atoms with Crippen molar-refractivity contribution in [2.75, 3.05) is 13.2 Å². The van der Waals surface area contributed by atoms with Gasteiger partial charge in [0, 0.05) is 12.5 Å². The first kappa shape index (κ1) is 12.4. The van der Waals surface area contributed by atoms with E-state index in [4.69, 9.17) is 4.74 Å². The van der Waals surface area contributed by atoms with E-state index in [-0.39, 0.29) is 0 Å². The van der Waals surface area contributed by atoms with E-state index in [0.717, 1.165) is 44.9 Å². The van der Waals surface area contributed by atoms with Gasteiger partial charge < -0.3 is 10.1 Å². The molecule has 6 heteroatoms. The molecule has 0 amide bonds. The van der Waals surface area contributed by atoms with Crippen molar-refractivity contribution in [1.82, 2.24) is 25.5 Å². The van der Waals surface area contributed by atoms with Gasteiger partial charge in [0.2, 0.25) is 0 Å². The lowest BCUT2D eigenvalue weighted by atomic mass is 10.00. The Hall–Kier alpha value is -1.01. The Bertz CT molecular complexity index is 340. The minimum Gasteiger partial charge on any atom is -0.378 e. The Balaban J connectivity index is 1.95. The first-order valence-corrected chi connectivity index (χ1v) is 6.42. The molecule has 2 unspecified atom stereocenters. The zero-order valence-electron chi connectivity index (χ0n) is 10.6. The number of hydrogen-bond donors (Lipinski definition) is 1. The molecule has 2 atom stereocenters. The molecule has 0 bridgehead atoms. The van der Waals surface area contributed by atoms with E-state index in [1.165, 1.54) is 0 Å². The van der Waals surface area contributed by atoms with Gasteiger partial charge in [0.25, 0.3) is 0 Å². The summed E-state index contributed by atoms with van der Waals surface area (Å²) in [6, 6.07) is 0. The molecule has 0 saturated carbocycles. The van der Waals surface area contributed by atoms with Crippen LogP contribution in [0.15, 0.2) is 0 Å². The molecule has 0 radical (unpaired) electrons. The van der Waals surface area contributed by atoms with E-state index in [9.17, 15) is 0 Å². The van der Waals surface area contributed by atoms with Crippen molar-refractivity contribution < 1.29 is 4.74 Å². The van der Waals surface area contributed by atoms with Crippen LogP contribution in [0.5, 0.6) is 0 Å². The van der Waals surface area contributed by atoms with E-state index in [2.05, 4.69) is 34.7 Å². The number of rotatable bonds is 6. The molecule has 0 aliphatic carbocycles. The van der Waals surface area contributed by atoms with Gasteiger partial charge in [0.15, 0.2) is 5.82 Å². The molecule has 2 rings (SSSR count). The summed E-state index contributed by atoms with van der Waals surface area (Å²) in [5.41, 5.74) is 0. The van der Waals surface area contributed by atoms with Gasteiger partial charge in [-0.3, -0.25) is 0 Å². The van der Waals surface area contributed by atoms with Crippen molar-refractivity contribution >= 4 is 0 Å². The molecule has 2 heterocycles. The largest absolute Gasteiger partial charge is 0.378 e. The van der Waals surface area contributed by atoms with E-state index in [1.54, 1.807) is 0 Å². The maximum absolute atomic E-state index is 5.69. The minimum atomic E-state index is 0.367. The average Bonchev–Trinajstić information content (AvgIpc) is 2.96. The number of tetrazole rings is 1. The zero-order valence-corrected chi connectivity index (χ0v) is 10.6. The predicted octanol–water partition coefficient (Wildman–Crippen LogP) is 0.598.